The van der Waals surface area contributed by atoms with Gasteiger partial charge in [-0.25, -0.2) is 0 Å². The lowest BCUT2D eigenvalue weighted by Gasteiger charge is -2.14. The van der Waals surface area contributed by atoms with Crippen molar-refractivity contribution in [3.8, 4) is 0 Å². The number of Topliss-reactive ketones (excluding diaryl/α,β-unsaturated/α-hetero) is 1. The summed E-state index contributed by atoms with van der Waals surface area (Å²) in [6, 6.07) is 0. The minimum atomic E-state index is -4.83. The number of alkyl halides is 3. The van der Waals surface area contributed by atoms with E-state index in [0.29, 0.717) is 0 Å². The van der Waals surface area contributed by atoms with E-state index in [1.54, 1.807) is 0 Å². The first-order valence-corrected chi connectivity index (χ1v) is 3.11. The number of allylic oxidation sites excluding steroid dienone is 2. The van der Waals surface area contributed by atoms with Crippen molar-refractivity contribution in [1.82, 2.24) is 0 Å². The second kappa shape index (κ2) is 3.00. The topological polar surface area (TPSA) is 26.3 Å². The standard InChI is InChI=1S/C7H5F3O2/c8-7(9,10)6(11)5-3-1-2-4-12-5/h1-5H. The number of carbonyl (C=O) groups is 1. The molecule has 1 aliphatic heterocycles. The van der Waals surface area contributed by atoms with Crippen LogP contribution in [0.4, 0.5) is 13.2 Å². The minimum absolute atomic E-state index is 1.05. The highest BCUT2D eigenvalue weighted by atomic mass is 19.4. The van der Waals surface area contributed by atoms with Gasteiger partial charge in [0.2, 0.25) is 0 Å². The molecule has 1 heterocycles. The maximum absolute atomic E-state index is 11.7. The predicted molar refractivity (Wildman–Crippen MR) is 34.2 cm³/mol. The molecule has 0 amide bonds. The summed E-state index contributed by atoms with van der Waals surface area (Å²) in [5, 5.41) is 0. The van der Waals surface area contributed by atoms with Gasteiger partial charge in [0, 0.05) is 0 Å². The number of hydrogen-bond acceptors (Lipinski definition) is 2. The highest BCUT2D eigenvalue weighted by Gasteiger charge is 2.43. The molecule has 2 nitrogen and oxygen atoms in total. The highest BCUT2D eigenvalue weighted by Crippen LogP contribution is 2.20. The molecular weight excluding hydrogens is 173 g/mol. The zero-order valence-electron chi connectivity index (χ0n) is 5.84. The zero-order chi connectivity index (χ0) is 9.19. The van der Waals surface area contributed by atoms with Crippen LogP contribution in [-0.4, -0.2) is 18.1 Å². The van der Waals surface area contributed by atoms with E-state index >= 15 is 0 Å². The summed E-state index contributed by atoms with van der Waals surface area (Å²) >= 11 is 0. The summed E-state index contributed by atoms with van der Waals surface area (Å²) in [6.07, 6.45) is -1.52. The zero-order valence-corrected chi connectivity index (χ0v) is 5.84. The number of halogens is 3. The molecule has 1 rings (SSSR count). The second-order valence-electron chi connectivity index (χ2n) is 2.13. The first kappa shape index (κ1) is 8.83. The lowest BCUT2D eigenvalue weighted by molar-refractivity contribution is -0.177. The lowest BCUT2D eigenvalue weighted by atomic mass is 10.2. The number of ether oxygens (including phenoxy) is 1. The van der Waals surface area contributed by atoms with Crippen LogP contribution in [0.1, 0.15) is 0 Å². The fourth-order valence-corrected chi connectivity index (χ4v) is 0.696. The first-order valence-electron chi connectivity index (χ1n) is 3.11. The monoisotopic (exact) mass is 178 g/mol. The molecule has 0 aliphatic carbocycles. The van der Waals surface area contributed by atoms with Gasteiger partial charge in [-0.15, -0.1) is 0 Å². The largest absolute Gasteiger partial charge is 0.486 e. The summed E-state index contributed by atoms with van der Waals surface area (Å²) in [5.41, 5.74) is 0. The highest BCUT2D eigenvalue weighted by molar-refractivity contribution is 5.90. The molecule has 0 saturated carbocycles. The Balaban J connectivity index is 2.66. The lowest BCUT2D eigenvalue weighted by Crippen LogP contribution is -2.34. The maximum Gasteiger partial charge on any atom is 0.454 e. The molecule has 0 fully saturated rings. The van der Waals surface area contributed by atoms with Gasteiger partial charge in [0.25, 0.3) is 5.78 Å². The van der Waals surface area contributed by atoms with E-state index in [0.717, 1.165) is 12.3 Å². The van der Waals surface area contributed by atoms with Gasteiger partial charge in [0.1, 0.15) is 0 Å². The number of carbonyl (C=O) groups excluding carboxylic acids is 1. The normalized spacial score (nSPS) is 22.1. The van der Waals surface area contributed by atoms with Crippen LogP contribution in [0.5, 0.6) is 0 Å². The molecular formula is C7H5F3O2. The van der Waals surface area contributed by atoms with Gasteiger partial charge in [-0.3, -0.25) is 4.79 Å². The molecule has 0 bridgehead atoms. The van der Waals surface area contributed by atoms with E-state index in [-0.39, 0.29) is 0 Å². The molecule has 12 heavy (non-hydrogen) atoms. The molecule has 0 radical (unpaired) electrons. The van der Waals surface area contributed by atoms with Crippen LogP contribution in [0.3, 0.4) is 0 Å². The van der Waals surface area contributed by atoms with Crippen molar-refractivity contribution in [2.45, 2.75) is 12.3 Å². The third-order valence-electron chi connectivity index (χ3n) is 1.24. The average molecular weight is 178 g/mol. The average Bonchev–Trinajstić information content (AvgIpc) is 2.03. The van der Waals surface area contributed by atoms with E-state index < -0.39 is 18.1 Å². The summed E-state index contributed by atoms with van der Waals surface area (Å²) in [6.45, 7) is 0. The van der Waals surface area contributed by atoms with Crippen molar-refractivity contribution < 1.29 is 22.7 Å². The molecule has 1 aliphatic rings. The second-order valence-corrected chi connectivity index (χ2v) is 2.13. The fraction of sp³-hybridized carbons (Fsp3) is 0.286. The van der Waals surface area contributed by atoms with Crippen LogP contribution in [0.2, 0.25) is 0 Å². The molecule has 0 spiro atoms. The maximum atomic E-state index is 11.7. The predicted octanol–water partition coefficient (Wildman–Crippen LogP) is 1.59. The van der Waals surface area contributed by atoms with Gasteiger partial charge in [-0.2, -0.15) is 13.2 Å². The van der Waals surface area contributed by atoms with E-state index in [9.17, 15) is 18.0 Å². The molecule has 0 aromatic rings. The molecule has 1 unspecified atom stereocenters. The van der Waals surface area contributed by atoms with Gasteiger partial charge < -0.3 is 4.74 Å². The van der Waals surface area contributed by atoms with Gasteiger partial charge >= 0.3 is 6.18 Å². The summed E-state index contributed by atoms with van der Waals surface area (Å²) in [4.78, 5) is 10.5. The molecule has 66 valence electrons. The van der Waals surface area contributed by atoms with E-state index in [4.69, 9.17) is 0 Å². The smallest absolute Gasteiger partial charge is 0.454 e. The molecule has 1 atom stereocenters. The van der Waals surface area contributed by atoms with Gasteiger partial charge in [0.15, 0.2) is 6.10 Å². The van der Waals surface area contributed by atoms with E-state index in [2.05, 4.69) is 4.74 Å². The Morgan fingerprint density at radius 3 is 2.42 bits per heavy atom. The van der Waals surface area contributed by atoms with Crippen molar-refractivity contribution in [1.29, 1.82) is 0 Å². The number of rotatable bonds is 1. The SMILES string of the molecule is O=C(C1C=CC=CO1)C(F)(F)F. The molecule has 0 saturated heterocycles. The van der Waals surface area contributed by atoms with Crippen LogP contribution in [-0.2, 0) is 9.53 Å². The van der Waals surface area contributed by atoms with E-state index in [1.165, 1.54) is 12.2 Å². The molecule has 0 aromatic heterocycles. The minimum Gasteiger partial charge on any atom is -0.486 e. The van der Waals surface area contributed by atoms with Crippen molar-refractivity contribution in [2.24, 2.45) is 0 Å². The number of hydrogen-bond donors (Lipinski definition) is 0. The van der Waals surface area contributed by atoms with Crippen molar-refractivity contribution in [3.63, 3.8) is 0 Å². The summed E-state index contributed by atoms with van der Waals surface area (Å²) in [7, 11) is 0. The van der Waals surface area contributed by atoms with Crippen LogP contribution in [0.25, 0.3) is 0 Å². The Labute approximate surface area is 66.3 Å². The Kier molecular flexibility index (Phi) is 2.21. The van der Waals surface area contributed by atoms with Crippen molar-refractivity contribution >= 4 is 5.78 Å². The van der Waals surface area contributed by atoms with Gasteiger partial charge in [0.05, 0.1) is 6.26 Å². The molecule has 0 aromatic carbocycles. The Morgan fingerprint density at radius 2 is 2.00 bits per heavy atom. The molecule has 0 N–H and O–H groups in total. The quantitative estimate of drug-likeness (QED) is 0.609. The van der Waals surface area contributed by atoms with Crippen molar-refractivity contribution in [2.75, 3.05) is 0 Å². The third-order valence-corrected chi connectivity index (χ3v) is 1.24. The van der Waals surface area contributed by atoms with Crippen molar-refractivity contribution in [3.05, 3.63) is 24.5 Å². The van der Waals surface area contributed by atoms with Crippen LogP contribution < -0.4 is 0 Å². The van der Waals surface area contributed by atoms with Crippen LogP contribution in [0, 0.1) is 0 Å². The first-order chi connectivity index (χ1) is 5.52. The fourth-order valence-electron chi connectivity index (χ4n) is 0.696. The number of ketones is 1. The van der Waals surface area contributed by atoms with Gasteiger partial charge in [-0.1, -0.05) is 6.08 Å². The third kappa shape index (κ3) is 1.87. The Morgan fingerprint density at radius 1 is 1.33 bits per heavy atom. The Bertz CT molecular complexity index is 240. The van der Waals surface area contributed by atoms with Gasteiger partial charge in [-0.05, 0) is 12.2 Å². The molecule has 5 heteroatoms. The Hall–Kier alpha value is -1.26. The summed E-state index contributed by atoms with van der Waals surface area (Å²) in [5.74, 6) is -1.89. The summed E-state index contributed by atoms with van der Waals surface area (Å²) < 4.78 is 39.7. The van der Waals surface area contributed by atoms with Crippen LogP contribution >= 0.6 is 0 Å². The van der Waals surface area contributed by atoms with Crippen LogP contribution in [0.15, 0.2) is 24.5 Å². The van der Waals surface area contributed by atoms with E-state index in [1.807, 2.05) is 0 Å².